The van der Waals surface area contributed by atoms with Gasteiger partial charge in [0.1, 0.15) is 6.10 Å². The summed E-state index contributed by atoms with van der Waals surface area (Å²) in [4.78, 5) is 0. The molecule has 12 atom stereocenters. The third kappa shape index (κ3) is 2.68. The first-order valence-corrected chi connectivity index (χ1v) is 13.1. The van der Waals surface area contributed by atoms with Gasteiger partial charge in [0.05, 0.1) is 18.8 Å². The lowest BCUT2D eigenvalue weighted by molar-refractivity contribution is -0.316. The SMILES string of the molecule is C[C@H]1CO[C@@]2(O[C@H]3C[C@H]4[C@@H]5CC=C6C[C@@H](O)CC[C@]6(C)[C@H]5CC[C@]4(C)[C@H]3[C@@H]2C)[C@@H](O)C1. The Hall–Kier alpha value is -0.420. The van der Waals surface area contributed by atoms with Crippen molar-refractivity contribution in [2.24, 2.45) is 46.3 Å². The van der Waals surface area contributed by atoms with Crippen LogP contribution in [0.15, 0.2) is 11.6 Å². The van der Waals surface area contributed by atoms with Crippen molar-refractivity contribution in [3.63, 3.8) is 0 Å². The number of aliphatic hydroxyl groups is 2. The maximum Gasteiger partial charge on any atom is 0.197 e. The molecule has 0 aromatic carbocycles. The zero-order valence-electron chi connectivity index (χ0n) is 19.8. The fourth-order valence-corrected chi connectivity index (χ4v) is 9.81. The summed E-state index contributed by atoms with van der Waals surface area (Å²) in [5.41, 5.74) is 2.11. The van der Waals surface area contributed by atoms with Crippen LogP contribution in [-0.4, -0.2) is 40.9 Å². The van der Waals surface area contributed by atoms with E-state index >= 15 is 0 Å². The smallest absolute Gasteiger partial charge is 0.197 e. The first-order valence-electron chi connectivity index (χ1n) is 13.1. The minimum Gasteiger partial charge on any atom is -0.393 e. The molecule has 0 bridgehead atoms. The van der Waals surface area contributed by atoms with Crippen LogP contribution in [0.3, 0.4) is 0 Å². The van der Waals surface area contributed by atoms with Gasteiger partial charge in [-0.25, -0.2) is 0 Å². The van der Waals surface area contributed by atoms with Crippen molar-refractivity contribution in [1.82, 2.24) is 0 Å². The summed E-state index contributed by atoms with van der Waals surface area (Å²) in [5, 5.41) is 21.3. The third-order valence-electron chi connectivity index (χ3n) is 11.4. The Kier molecular flexibility index (Phi) is 4.64. The van der Waals surface area contributed by atoms with Crippen molar-refractivity contribution < 1.29 is 19.7 Å². The van der Waals surface area contributed by atoms with Crippen molar-refractivity contribution in [1.29, 1.82) is 0 Å². The Morgan fingerprint density at radius 1 is 1.03 bits per heavy atom. The minimum atomic E-state index is -0.780. The molecule has 2 heterocycles. The normalized spacial score (nSPS) is 60.7. The Morgan fingerprint density at radius 3 is 2.61 bits per heavy atom. The van der Waals surface area contributed by atoms with E-state index < -0.39 is 11.9 Å². The Morgan fingerprint density at radius 2 is 1.84 bits per heavy atom. The maximum absolute atomic E-state index is 11.0. The molecule has 0 amide bonds. The summed E-state index contributed by atoms with van der Waals surface area (Å²) >= 11 is 0. The van der Waals surface area contributed by atoms with Crippen molar-refractivity contribution in [2.45, 2.75) is 103 Å². The van der Waals surface area contributed by atoms with E-state index in [4.69, 9.17) is 9.47 Å². The molecule has 4 heteroatoms. The van der Waals surface area contributed by atoms with E-state index in [1.165, 1.54) is 19.3 Å². The molecule has 4 nitrogen and oxygen atoms in total. The van der Waals surface area contributed by atoms with Crippen molar-refractivity contribution >= 4 is 0 Å². The minimum absolute atomic E-state index is 0.134. The van der Waals surface area contributed by atoms with Crippen LogP contribution in [0.1, 0.15) is 79.1 Å². The fourth-order valence-electron chi connectivity index (χ4n) is 9.81. The zero-order valence-corrected chi connectivity index (χ0v) is 19.8. The molecule has 0 aromatic rings. The van der Waals surface area contributed by atoms with Crippen molar-refractivity contribution in [3.05, 3.63) is 11.6 Å². The topological polar surface area (TPSA) is 58.9 Å². The predicted molar refractivity (Wildman–Crippen MR) is 119 cm³/mol. The second-order valence-corrected chi connectivity index (χ2v) is 12.8. The monoisotopic (exact) mass is 430 g/mol. The van der Waals surface area contributed by atoms with Crippen LogP contribution in [0.5, 0.6) is 0 Å². The van der Waals surface area contributed by atoms with Gasteiger partial charge in [-0.15, -0.1) is 0 Å². The number of hydrogen-bond acceptors (Lipinski definition) is 4. The molecule has 31 heavy (non-hydrogen) atoms. The van der Waals surface area contributed by atoms with E-state index in [-0.39, 0.29) is 29.0 Å². The van der Waals surface area contributed by atoms with Crippen LogP contribution in [0.4, 0.5) is 0 Å². The second-order valence-electron chi connectivity index (χ2n) is 12.8. The van der Waals surface area contributed by atoms with Crippen LogP contribution in [-0.2, 0) is 9.47 Å². The molecule has 2 saturated heterocycles. The molecule has 6 rings (SSSR count). The van der Waals surface area contributed by atoms with Gasteiger partial charge in [-0.05, 0) is 91.8 Å². The molecule has 4 aliphatic carbocycles. The van der Waals surface area contributed by atoms with Gasteiger partial charge in [0.2, 0.25) is 0 Å². The van der Waals surface area contributed by atoms with E-state index in [1.54, 1.807) is 5.57 Å². The number of fused-ring (bicyclic) bond motifs is 7. The first kappa shape index (κ1) is 21.1. The van der Waals surface area contributed by atoms with Crippen LogP contribution in [0.2, 0.25) is 0 Å². The van der Waals surface area contributed by atoms with E-state index in [1.807, 2.05) is 0 Å². The zero-order chi connectivity index (χ0) is 21.8. The van der Waals surface area contributed by atoms with E-state index in [2.05, 4.69) is 33.8 Å². The van der Waals surface area contributed by atoms with Crippen LogP contribution in [0.25, 0.3) is 0 Å². The van der Waals surface area contributed by atoms with Crippen molar-refractivity contribution in [3.8, 4) is 0 Å². The van der Waals surface area contributed by atoms with E-state index in [0.717, 1.165) is 43.9 Å². The second kappa shape index (κ2) is 6.81. The van der Waals surface area contributed by atoms with Gasteiger partial charge in [0, 0.05) is 5.92 Å². The van der Waals surface area contributed by atoms with E-state index in [0.29, 0.717) is 24.4 Å². The molecule has 174 valence electrons. The quantitative estimate of drug-likeness (QED) is 0.548. The lowest BCUT2D eigenvalue weighted by atomic mass is 9.47. The molecule has 1 spiro atoms. The molecule has 0 unspecified atom stereocenters. The molecular weight excluding hydrogens is 388 g/mol. The molecule has 3 saturated carbocycles. The third-order valence-corrected chi connectivity index (χ3v) is 11.4. The largest absolute Gasteiger partial charge is 0.393 e. The predicted octanol–water partition coefficient (Wildman–Crippen LogP) is 4.68. The lowest BCUT2D eigenvalue weighted by Crippen LogP contribution is -2.56. The Bertz CT molecular complexity index is 779. The molecule has 0 radical (unpaired) electrons. The highest BCUT2D eigenvalue weighted by atomic mass is 16.7. The van der Waals surface area contributed by atoms with E-state index in [9.17, 15) is 10.2 Å². The summed E-state index contributed by atoms with van der Waals surface area (Å²) in [6.07, 6.45) is 10.7. The molecule has 6 aliphatic rings. The van der Waals surface area contributed by atoms with Crippen LogP contribution < -0.4 is 0 Å². The number of rotatable bonds is 0. The molecule has 2 aliphatic heterocycles. The number of aliphatic hydroxyl groups excluding tert-OH is 2. The van der Waals surface area contributed by atoms with Gasteiger partial charge in [0.15, 0.2) is 5.79 Å². The molecule has 5 fully saturated rings. The summed E-state index contributed by atoms with van der Waals surface area (Å²) < 4.78 is 13.1. The lowest BCUT2D eigenvalue weighted by Gasteiger charge is -2.58. The number of hydrogen-bond donors (Lipinski definition) is 2. The first-order chi connectivity index (χ1) is 14.7. The van der Waals surface area contributed by atoms with Gasteiger partial charge < -0.3 is 19.7 Å². The highest BCUT2D eigenvalue weighted by Gasteiger charge is 2.70. The highest BCUT2D eigenvalue weighted by molar-refractivity contribution is 5.26. The van der Waals surface area contributed by atoms with Crippen LogP contribution in [0, 0.1) is 46.3 Å². The van der Waals surface area contributed by atoms with Gasteiger partial charge in [-0.3, -0.25) is 0 Å². The van der Waals surface area contributed by atoms with Crippen molar-refractivity contribution in [2.75, 3.05) is 6.61 Å². The Labute approximate surface area is 187 Å². The summed E-state index contributed by atoms with van der Waals surface area (Å²) in [7, 11) is 0. The van der Waals surface area contributed by atoms with Crippen LogP contribution >= 0.6 is 0 Å². The summed E-state index contributed by atoms with van der Waals surface area (Å²) in [6.45, 7) is 10.2. The molecule has 0 aromatic heterocycles. The Balaban J connectivity index is 1.29. The molecule has 2 N–H and O–H groups in total. The van der Waals surface area contributed by atoms with Gasteiger partial charge in [-0.2, -0.15) is 0 Å². The highest BCUT2D eigenvalue weighted by Crippen LogP contribution is 2.70. The molecular formula is C27H42O4. The fraction of sp³-hybridized carbons (Fsp3) is 0.926. The average molecular weight is 431 g/mol. The van der Waals surface area contributed by atoms with Gasteiger partial charge in [-0.1, -0.05) is 39.3 Å². The summed E-state index contributed by atoms with van der Waals surface area (Å²) in [6, 6.07) is 0. The number of ether oxygens (including phenoxy) is 2. The standard InChI is InChI=1S/C27H42O4/c1-15-11-23(29)27(30-14-15)16(2)24-22(31-27)13-21-19-6-5-17-12-18(28)7-9-25(17,3)20(19)8-10-26(21,24)4/h5,15-16,18-24,28-29H,6-14H2,1-4H3/t15-,16+,18+,19-,20+,21+,22+,23+,24+,25+,26+,27+/m1/s1. The summed E-state index contributed by atoms with van der Waals surface area (Å²) in [5.74, 6) is 2.51. The maximum atomic E-state index is 11.0. The average Bonchev–Trinajstić information content (AvgIpc) is 3.17. The number of allylic oxidation sites excluding steroid dienone is 1. The van der Waals surface area contributed by atoms with Gasteiger partial charge in [0.25, 0.3) is 0 Å². The van der Waals surface area contributed by atoms with Gasteiger partial charge >= 0.3 is 0 Å².